The van der Waals surface area contributed by atoms with E-state index in [-0.39, 0.29) is 0 Å². The highest BCUT2D eigenvalue weighted by atomic mass is 16.5. The molecule has 3 rings (SSSR count). The Labute approximate surface area is 103 Å². The third-order valence-corrected chi connectivity index (χ3v) is 2.36. The van der Waals surface area contributed by atoms with Gasteiger partial charge in [0.1, 0.15) is 17.6 Å². The van der Waals surface area contributed by atoms with E-state index < -0.39 is 0 Å². The van der Waals surface area contributed by atoms with Gasteiger partial charge in [-0.15, -0.1) is 0 Å². The molecular formula is C12H9N5O. The molecule has 0 aromatic carbocycles. The lowest BCUT2D eigenvalue weighted by Gasteiger charge is -2.05. The van der Waals surface area contributed by atoms with Gasteiger partial charge >= 0.3 is 0 Å². The average Bonchev–Trinajstić information content (AvgIpc) is 2.41. The van der Waals surface area contributed by atoms with Crippen LogP contribution in [0.15, 0.2) is 43.0 Å². The van der Waals surface area contributed by atoms with Gasteiger partial charge in [0.25, 0.3) is 0 Å². The summed E-state index contributed by atoms with van der Waals surface area (Å²) >= 11 is 0. The zero-order valence-corrected chi connectivity index (χ0v) is 9.32. The minimum absolute atomic E-state index is 0.333. The van der Waals surface area contributed by atoms with Crippen molar-refractivity contribution in [3.63, 3.8) is 0 Å². The van der Waals surface area contributed by atoms with Crippen molar-refractivity contribution in [1.82, 2.24) is 19.9 Å². The fraction of sp³-hybridized carbons (Fsp3) is 0. The monoisotopic (exact) mass is 239 g/mol. The van der Waals surface area contributed by atoms with E-state index in [2.05, 4.69) is 19.9 Å². The minimum Gasteiger partial charge on any atom is -0.439 e. The first-order valence-electron chi connectivity index (χ1n) is 5.28. The number of nitrogens with zero attached hydrogens (tertiary/aromatic N) is 4. The Kier molecular flexibility index (Phi) is 2.45. The summed E-state index contributed by atoms with van der Waals surface area (Å²) in [7, 11) is 0. The van der Waals surface area contributed by atoms with Crippen molar-refractivity contribution in [3.05, 3.63) is 43.0 Å². The van der Waals surface area contributed by atoms with Crippen LogP contribution in [-0.4, -0.2) is 19.9 Å². The topological polar surface area (TPSA) is 86.8 Å². The van der Waals surface area contributed by atoms with Crippen LogP contribution in [0.3, 0.4) is 0 Å². The van der Waals surface area contributed by atoms with Crippen molar-refractivity contribution in [2.75, 3.05) is 5.73 Å². The molecule has 0 bridgehead atoms. The number of fused-ring (bicyclic) bond motifs is 1. The third-order valence-electron chi connectivity index (χ3n) is 2.36. The fourth-order valence-corrected chi connectivity index (χ4v) is 1.52. The molecule has 3 aromatic rings. The van der Waals surface area contributed by atoms with E-state index in [0.29, 0.717) is 28.5 Å². The molecule has 0 saturated carbocycles. The van der Waals surface area contributed by atoms with E-state index in [9.17, 15) is 0 Å². The smallest absolute Gasteiger partial charge is 0.220 e. The first-order valence-corrected chi connectivity index (χ1v) is 5.28. The van der Waals surface area contributed by atoms with Gasteiger partial charge in [-0.3, -0.25) is 4.98 Å². The van der Waals surface area contributed by atoms with Gasteiger partial charge in [-0.2, -0.15) is 0 Å². The van der Waals surface area contributed by atoms with Crippen LogP contribution in [0.1, 0.15) is 0 Å². The number of rotatable bonds is 2. The fourth-order valence-electron chi connectivity index (χ4n) is 1.52. The Morgan fingerprint density at radius 3 is 2.67 bits per heavy atom. The standard InChI is InChI=1S/C12H9N5O/c13-12-11-9(15-7-16-12)1-2-10(17-11)18-8-3-5-14-6-4-8/h1-7H,(H2,13,15,16). The number of ether oxygens (including phenoxy) is 1. The molecule has 3 aromatic heterocycles. The van der Waals surface area contributed by atoms with E-state index in [1.54, 1.807) is 36.7 Å². The predicted octanol–water partition coefficient (Wildman–Crippen LogP) is 1.79. The Balaban J connectivity index is 2.01. The number of aromatic nitrogens is 4. The van der Waals surface area contributed by atoms with Crippen LogP contribution in [0.5, 0.6) is 11.6 Å². The number of nitrogen functional groups attached to an aromatic ring is 1. The number of nitrogens with two attached hydrogens (primary N) is 1. The summed E-state index contributed by atoms with van der Waals surface area (Å²) in [4.78, 5) is 16.2. The Morgan fingerprint density at radius 2 is 1.83 bits per heavy atom. The molecule has 88 valence electrons. The van der Waals surface area contributed by atoms with Gasteiger partial charge in [0.05, 0.1) is 5.52 Å². The first-order chi connectivity index (χ1) is 8.83. The van der Waals surface area contributed by atoms with E-state index >= 15 is 0 Å². The van der Waals surface area contributed by atoms with E-state index in [1.807, 2.05) is 0 Å². The second-order valence-electron chi connectivity index (χ2n) is 3.56. The molecule has 2 N–H and O–H groups in total. The summed E-state index contributed by atoms with van der Waals surface area (Å²) in [5.41, 5.74) is 6.96. The lowest BCUT2D eigenvalue weighted by molar-refractivity contribution is 0.464. The quantitative estimate of drug-likeness (QED) is 0.733. The van der Waals surface area contributed by atoms with Crippen molar-refractivity contribution in [2.24, 2.45) is 0 Å². The molecule has 0 unspecified atom stereocenters. The van der Waals surface area contributed by atoms with Crippen molar-refractivity contribution in [1.29, 1.82) is 0 Å². The SMILES string of the molecule is Nc1ncnc2ccc(Oc3ccncc3)nc12. The summed E-state index contributed by atoms with van der Waals surface area (Å²) < 4.78 is 5.58. The summed E-state index contributed by atoms with van der Waals surface area (Å²) in [6.07, 6.45) is 4.70. The summed E-state index contributed by atoms with van der Waals surface area (Å²) in [5.74, 6) is 1.43. The van der Waals surface area contributed by atoms with Gasteiger partial charge < -0.3 is 10.5 Å². The molecule has 6 heteroatoms. The highest BCUT2D eigenvalue weighted by molar-refractivity contribution is 5.83. The molecule has 0 aliphatic carbocycles. The average molecular weight is 239 g/mol. The summed E-state index contributed by atoms with van der Waals surface area (Å²) in [6.45, 7) is 0. The van der Waals surface area contributed by atoms with Gasteiger partial charge in [-0.05, 0) is 18.2 Å². The van der Waals surface area contributed by atoms with Gasteiger partial charge in [0, 0.05) is 18.5 Å². The molecule has 0 aliphatic rings. The molecular weight excluding hydrogens is 230 g/mol. The lowest BCUT2D eigenvalue weighted by Crippen LogP contribution is -1.96. The molecule has 0 amide bonds. The minimum atomic E-state index is 0.333. The van der Waals surface area contributed by atoms with E-state index in [4.69, 9.17) is 10.5 Å². The van der Waals surface area contributed by atoms with Crippen LogP contribution < -0.4 is 10.5 Å². The third kappa shape index (κ3) is 1.91. The second-order valence-corrected chi connectivity index (χ2v) is 3.56. The molecule has 18 heavy (non-hydrogen) atoms. The van der Waals surface area contributed by atoms with Gasteiger partial charge in [-0.25, -0.2) is 15.0 Å². The van der Waals surface area contributed by atoms with Gasteiger partial charge in [0.2, 0.25) is 5.88 Å². The number of anilines is 1. The van der Waals surface area contributed by atoms with Gasteiger partial charge in [0.15, 0.2) is 5.82 Å². The highest BCUT2D eigenvalue weighted by Gasteiger charge is 2.05. The van der Waals surface area contributed by atoms with Crippen LogP contribution in [0.2, 0.25) is 0 Å². The number of hydrogen-bond donors (Lipinski definition) is 1. The Morgan fingerprint density at radius 1 is 1.00 bits per heavy atom. The normalized spacial score (nSPS) is 10.4. The van der Waals surface area contributed by atoms with Crippen molar-refractivity contribution < 1.29 is 4.74 Å². The maximum Gasteiger partial charge on any atom is 0.220 e. The van der Waals surface area contributed by atoms with Crippen LogP contribution in [-0.2, 0) is 0 Å². The van der Waals surface area contributed by atoms with Crippen molar-refractivity contribution in [3.8, 4) is 11.6 Å². The molecule has 0 radical (unpaired) electrons. The van der Waals surface area contributed by atoms with E-state index in [1.165, 1.54) is 6.33 Å². The van der Waals surface area contributed by atoms with Crippen molar-refractivity contribution >= 4 is 16.9 Å². The molecule has 6 nitrogen and oxygen atoms in total. The maximum absolute atomic E-state index is 5.74. The van der Waals surface area contributed by atoms with Crippen LogP contribution in [0, 0.1) is 0 Å². The molecule has 0 fully saturated rings. The molecule has 3 heterocycles. The van der Waals surface area contributed by atoms with Crippen molar-refractivity contribution in [2.45, 2.75) is 0 Å². The Hall–Kier alpha value is -2.76. The Bertz CT molecular complexity index is 686. The zero-order chi connectivity index (χ0) is 12.4. The molecule has 0 atom stereocenters. The van der Waals surface area contributed by atoms with Gasteiger partial charge in [-0.1, -0.05) is 0 Å². The van der Waals surface area contributed by atoms with E-state index in [0.717, 1.165) is 0 Å². The maximum atomic E-state index is 5.74. The number of hydrogen-bond acceptors (Lipinski definition) is 6. The molecule has 0 aliphatic heterocycles. The number of pyridine rings is 2. The highest BCUT2D eigenvalue weighted by Crippen LogP contribution is 2.22. The molecule has 0 spiro atoms. The lowest BCUT2D eigenvalue weighted by atomic mass is 10.3. The predicted molar refractivity (Wildman–Crippen MR) is 66.1 cm³/mol. The summed E-state index contributed by atoms with van der Waals surface area (Å²) in [5, 5.41) is 0. The summed E-state index contributed by atoms with van der Waals surface area (Å²) in [6, 6.07) is 7.01. The first kappa shape index (κ1) is 10.4. The van der Waals surface area contributed by atoms with Crippen LogP contribution in [0.4, 0.5) is 5.82 Å². The second kappa shape index (κ2) is 4.25. The van der Waals surface area contributed by atoms with Crippen LogP contribution >= 0.6 is 0 Å². The zero-order valence-electron chi connectivity index (χ0n) is 9.32. The largest absolute Gasteiger partial charge is 0.439 e. The van der Waals surface area contributed by atoms with Crippen LogP contribution in [0.25, 0.3) is 11.0 Å². The molecule has 0 saturated heterocycles.